The standard InChI is InChI=1S/C16H14ClN3O6/c1-25-12-6-7-14(13(8-12)20(23)24)26-9-15(21)18-19-16(22)10-2-4-11(17)5-3-10/h2-8H,9H2,1H3,(H,18,21)(H,19,22). The highest BCUT2D eigenvalue weighted by Gasteiger charge is 2.17. The molecule has 2 aromatic carbocycles. The largest absolute Gasteiger partial charge is 0.496 e. The maximum absolute atomic E-state index is 11.8. The number of rotatable bonds is 6. The van der Waals surface area contributed by atoms with Crippen LogP contribution in [0.1, 0.15) is 10.4 Å². The molecule has 0 aliphatic carbocycles. The Morgan fingerprint density at radius 1 is 1.15 bits per heavy atom. The van der Waals surface area contributed by atoms with Gasteiger partial charge in [-0.25, -0.2) is 0 Å². The Morgan fingerprint density at radius 3 is 2.46 bits per heavy atom. The highest BCUT2D eigenvalue weighted by Crippen LogP contribution is 2.30. The predicted octanol–water partition coefficient (Wildman–Crippen LogP) is 2.10. The summed E-state index contributed by atoms with van der Waals surface area (Å²) < 4.78 is 10.0. The number of hydrogen-bond acceptors (Lipinski definition) is 6. The van der Waals surface area contributed by atoms with Crippen molar-refractivity contribution in [3.63, 3.8) is 0 Å². The number of nitrogens with zero attached hydrogens (tertiary/aromatic N) is 1. The van der Waals surface area contributed by atoms with Gasteiger partial charge in [0.15, 0.2) is 12.4 Å². The number of benzene rings is 2. The number of nitro benzene ring substituents is 1. The molecule has 26 heavy (non-hydrogen) atoms. The maximum atomic E-state index is 11.8. The highest BCUT2D eigenvalue weighted by molar-refractivity contribution is 6.30. The van der Waals surface area contributed by atoms with E-state index in [0.29, 0.717) is 10.6 Å². The Bertz CT molecular complexity index is 825. The van der Waals surface area contributed by atoms with Crippen LogP contribution in [0.2, 0.25) is 5.02 Å². The third-order valence-corrected chi connectivity index (χ3v) is 3.40. The molecule has 0 saturated heterocycles. The lowest BCUT2D eigenvalue weighted by Crippen LogP contribution is -2.43. The van der Waals surface area contributed by atoms with E-state index in [0.717, 1.165) is 0 Å². The number of hydrazine groups is 1. The van der Waals surface area contributed by atoms with Crippen LogP contribution < -0.4 is 20.3 Å². The molecule has 2 N–H and O–H groups in total. The summed E-state index contributed by atoms with van der Waals surface area (Å²) in [5.41, 5.74) is 4.29. The first-order valence-corrected chi connectivity index (χ1v) is 7.58. The fraction of sp³-hybridized carbons (Fsp3) is 0.125. The van der Waals surface area contributed by atoms with E-state index in [2.05, 4.69) is 10.9 Å². The van der Waals surface area contributed by atoms with Crippen molar-refractivity contribution in [2.75, 3.05) is 13.7 Å². The summed E-state index contributed by atoms with van der Waals surface area (Å²) in [6.07, 6.45) is 0. The summed E-state index contributed by atoms with van der Waals surface area (Å²) in [5.74, 6) is -1.07. The Kier molecular flexibility index (Phi) is 6.34. The van der Waals surface area contributed by atoms with Crippen LogP contribution in [0.15, 0.2) is 42.5 Å². The molecule has 9 nitrogen and oxygen atoms in total. The van der Waals surface area contributed by atoms with Gasteiger partial charge >= 0.3 is 5.69 Å². The fourth-order valence-electron chi connectivity index (χ4n) is 1.87. The van der Waals surface area contributed by atoms with E-state index in [-0.39, 0.29) is 17.2 Å². The van der Waals surface area contributed by atoms with Crippen LogP contribution in [0.4, 0.5) is 5.69 Å². The van der Waals surface area contributed by atoms with Gasteiger partial charge < -0.3 is 9.47 Å². The molecule has 10 heteroatoms. The molecular formula is C16H14ClN3O6. The van der Waals surface area contributed by atoms with Gasteiger partial charge in [-0.3, -0.25) is 30.6 Å². The predicted molar refractivity (Wildman–Crippen MR) is 92.2 cm³/mol. The van der Waals surface area contributed by atoms with Gasteiger partial charge in [0.2, 0.25) is 0 Å². The van der Waals surface area contributed by atoms with Crippen molar-refractivity contribution in [3.8, 4) is 11.5 Å². The number of methoxy groups -OCH3 is 1. The number of carbonyl (C=O) groups excluding carboxylic acids is 2. The van der Waals surface area contributed by atoms with Gasteiger partial charge in [0, 0.05) is 10.6 Å². The molecule has 136 valence electrons. The molecular weight excluding hydrogens is 366 g/mol. The van der Waals surface area contributed by atoms with Crippen molar-refractivity contribution in [3.05, 3.63) is 63.2 Å². The van der Waals surface area contributed by atoms with Crippen molar-refractivity contribution >= 4 is 29.1 Å². The van der Waals surface area contributed by atoms with Crippen molar-refractivity contribution in [2.45, 2.75) is 0 Å². The summed E-state index contributed by atoms with van der Waals surface area (Å²) in [6.45, 7) is -0.534. The molecule has 2 amide bonds. The molecule has 0 heterocycles. The van der Waals surface area contributed by atoms with Gasteiger partial charge in [-0.15, -0.1) is 0 Å². The minimum Gasteiger partial charge on any atom is -0.496 e. The van der Waals surface area contributed by atoms with E-state index in [1.165, 1.54) is 49.6 Å². The SMILES string of the molecule is COc1ccc(OCC(=O)NNC(=O)c2ccc(Cl)cc2)c([N+](=O)[O-])c1. The fourth-order valence-corrected chi connectivity index (χ4v) is 1.99. The van der Waals surface area contributed by atoms with Gasteiger partial charge in [-0.2, -0.15) is 0 Å². The molecule has 0 aliphatic rings. The van der Waals surface area contributed by atoms with Crippen molar-refractivity contribution in [2.24, 2.45) is 0 Å². The van der Waals surface area contributed by atoms with Crippen LogP contribution in [0.5, 0.6) is 11.5 Å². The summed E-state index contributed by atoms with van der Waals surface area (Å²) >= 11 is 5.72. The number of halogens is 1. The van der Waals surface area contributed by atoms with Crippen LogP contribution in [0.3, 0.4) is 0 Å². The van der Waals surface area contributed by atoms with Gasteiger partial charge in [0.1, 0.15) is 5.75 Å². The molecule has 0 atom stereocenters. The lowest BCUT2D eigenvalue weighted by molar-refractivity contribution is -0.385. The van der Waals surface area contributed by atoms with E-state index in [9.17, 15) is 19.7 Å². The molecule has 2 rings (SSSR count). The number of nitro groups is 1. The topological polar surface area (TPSA) is 120 Å². The normalized spacial score (nSPS) is 9.92. The third kappa shape index (κ3) is 5.08. The van der Waals surface area contributed by atoms with E-state index in [4.69, 9.17) is 21.1 Å². The van der Waals surface area contributed by atoms with Crippen LogP contribution in [-0.2, 0) is 4.79 Å². The Morgan fingerprint density at radius 2 is 1.85 bits per heavy atom. The lowest BCUT2D eigenvalue weighted by Gasteiger charge is -2.09. The smallest absolute Gasteiger partial charge is 0.314 e. The third-order valence-electron chi connectivity index (χ3n) is 3.14. The van der Waals surface area contributed by atoms with Gasteiger partial charge in [-0.05, 0) is 36.4 Å². The number of amides is 2. The second-order valence-electron chi connectivity index (χ2n) is 4.89. The zero-order valence-corrected chi connectivity index (χ0v) is 14.3. The molecule has 0 spiro atoms. The molecule has 0 fully saturated rings. The quantitative estimate of drug-likeness (QED) is 0.585. The van der Waals surface area contributed by atoms with Gasteiger partial charge in [-0.1, -0.05) is 11.6 Å². The first-order valence-electron chi connectivity index (χ1n) is 7.20. The van der Waals surface area contributed by atoms with Crippen LogP contribution >= 0.6 is 11.6 Å². The minimum absolute atomic E-state index is 0.102. The van der Waals surface area contributed by atoms with Crippen molar-refractivity contribution in [1.82, 2.24) is 10.9 Å². The van der Waals surface area contributed by atoms with E-state index < -0.39 is 23.3 Å². The average Bonchev–Trinajstić information content (AvgIpc) is 2.64. The summed E-state index contributed by atoms with van der Waals surface area (Å²) in [4.78, 5) is 34.0. The molecule has 0 aromatic heterocycles. The molecule has 0 radical (unpaired) electrons. The number of hydrogen-bond donors (Lipinski definition) is 2. The van der Waals surface area contributed by atoms with Gasteiger partial charge in [0.25, 0.3) is 11.8 Å². The molecule has 0 bridgehead atoms. The minimum atomic E-state index is -0.697. The van der Waals surface area contributed by atoms with Gasteiger partial charge in [0.05, 0.1) is 18.1 Å². The lowest BCUT2D eigenvalue weighted by atomic mass is 10.2. The second kappa shape index (κ2) is 8.67. The molecule has 0 unspecified atom stereocenters. The van der Waals surface area contributed by atoms with E-state index in [1.807, 2.05) is 0 Å². The first kappa shape index (κ1) is 19.0. The summed E-state index contributed by atoms with van der Waals surface area (Å²) in [6, 6.07) is 9.99. The van der Waals surface area contributed by atoms with Crippen LogP contribution in [-0.4, -0.2) is 30.5 Å². The Balaban J connectivity index is 1.90. The molecule has 0 saturated carbocycles. The number of carbonyl (C=O) groups is 2. The Labute approximate surface area is 153 Å². The van der Waals surface area contributed by atoms with Crippen molar-refractivity contribution < 1.29 is 24.0 Å². The number of ether oxygens (including phenoxy) is 2. The highest BCUT2D eigenvalue weighted by atomic mass is 35.5. The van der Waals surface area contributed by atoms with Crippen LogP contribution in [0.25, 0.3) is 0 Å². The first-order chi connectivity index (χ1) is 12.4. The van der Waals surface area contributed by atoms with E-state index in [1.54, 1.807) is 0 Å². The monoisotopic (exact) mass is 379 g/mol. The van der Waals surface area contributed by atoms with Crippen molar-refractivity contribution in [1.29, 1.82) is 0 Å². The Hall–Kier alpha value is -3.33. The summed E-state index contributed by atoms with van der Waals surface area (Å²) in [7, 11) is 1.37. The zero-order chi connectivity index (χ0) is 19.1. The van der Waals surface area contributed by atoms with E-state index >= 15 is 0 Å². The maximum Gasteiger partial charge on any atom is 0.314 e. The average molecular weight is 380 g/mol. The zero-order valence-electron chi connectivity index (χ0n) is 13.5. The number of nitrogens with one attached hydrogen (secondary N) is 2. The molecule has 0 aliphatic heterocycles. The summed E-state index contributed by atoms with van der Waals surface area (Å²) in [5, 5.41) is 11.5. The molecule has 2 aromatic rings. The van der Waals surface area contributed by atoms with Crippen LogP contribution in [0, 0.1) is 10.1 Å². The second-order valence-corrected chi connectivity index (χ2v) is 5.33.